The summed E-state index contributed by atoms with van der Waals surface area (Å²) in [5.74, 6) is -0.673. The number of nitrogens with one attached hydrogen (secondary N) is 1. The van der Waals surface area contributed by atoms with Gasteiger partial charge in [-0.15, -0.1) is 0 Å². The Morgan fingerprint density at radius 3 is 2.53 bits per heavy atom. The Morgan fingerprint density at radius 1 is 1.11 bits per heavy atom. The third-order valence-corrected chi connectivity index (χ3v) is 2.79. The van der Waals surface area contributed by atoms with Crippen molar-refractivity contribution in [2.45, 2.75) is 6.42 Å². The van der Waals surface area contributed by atoms with Crippen molar-refractivity contribution in [1.82, 2.24) is 0 Å². The van der Waals surface area contributed by atoms with E-state index in [2.05, 4.69) is 5.32 Å². The van der Waals surface area contributed by atoms with Crippen LogP contribution < -0.4 is 5.32 Å². The number of aromatic hydroxyl groups is 1. The first kappa shape index (κ1) is 13.0. The third kappa shape index (κ3) is 3.74. The maximum absolute atomic E-state index is 10.8. The van der Waals surface area contributed by atoms with E-state index in [-0.39, 0.29) is 11.3 Å². The molecule has 0 aliphatic carbocycles. The molecular formula is C15H15NO3. The third-order valence-electron chi connectivity index (χ3n) is 2.79. The molecule has 0 amide bonds. The van der Waals surface area contributed by atoms with Crippen LogP contribution in [0.2, 0.25) is 0 Å². The molecule has 0 radical (unpaired) electrons. The van der Waals surface area contributed by atoms with Crippen molar-refractivity contribution in [2.24, 2.45) is 0 Å². The standard InChI is InChI=1S/C15H15NO3/c17-14-6-4-11(5-7-14)8-9-16-13-3-1-2-12(10-13)15(18)19/h1-7,10,16-17H,8-9H2,(H,18,19). The van der Waals surface area contributed by atoms with Crippen molar-refractivity contribution in [3.05, 3.63) is 59.7 Å². The van der Waals surface area contributed by atoms with Gasteiger partial charge in [-0.1, -0.05) is 18.2 Å². The summed E-state index contributed by atoms with van der Waals surface area (Å²) >= 11 is 0. The van der Waals surface area contributed by atoms with E-state index in [4.69, 9.17) is 5.11 Å². The molecule has 4 nitrogen and oxygen atoms in total. The molecular weight excluding hydrogens is 242 g/mol. The van der Waals surface area contributed by atoms with Gasteiger partial charge in [0.25, 0.3) is 0 Å². The zero-order chi connectivity index (χ0) is 13.7. The minimum absolute atomic E-state index is 0.255. The topological polar surface area (TPSA) is 69.6 Å². The molecule has 2 rings (SSSR count). The summed E-state index contributed by atoms with van der Waals surface area (Å²) in [6.07, 6.45) is 0.803. The molecule has 4 heteroatoms. The highest BCUT2D eigenvalue weighted by molar-refractivity contribution is 5.88. The molecule has 2 aromatic carbocycles. The molecule has 0 atom stereocenters. The predicted octanol–water partition coefficient (Wildman–Crippen LogP) is 2.75. The number of phenolic OH excluding ortho intramolecular Hbond substituents is 1. The number of benzene rings is 2. The van der Waals surface area contributed by atoms with Gasteiger partial charge < -0.3 is 15.5 Å². The number of hydrogen-bond acceptors (Lipinski definition) is 3. The Kier molecular flexibility index (Phi) is 4.03. The van der Waals surface area contributed by atoms with E-state index in [0.29, 0.717) is 6.54 Å². The lowest BCUT2D eigenvalue weighted by Gasteiger charge is -2.07. The summed E-state index contributed by atoms with van der Waals surface area (Å²) in [4.78, 5) is 10.8. The van der Waals surface area contributed by atoms with Crippen LogP contribution in [0.1, 0.15) is 15.9 Å². The van der Waals surface area contributed by atoms with E-state index in [1.807, 2.05) is 18.2 Å². The number of carbonyl (C=O) groups is 1. The highest BCUT2D eigenvalue weighted by Crippen LogP contribution is 2.12. The van der Waals surface area contributed by atoms with Gasteiger partial charge in [0.1, 0.15) is 5.75 Å². The van der Waals surface area contributed by atoms with E-state index in [9.17, 15) is 9.90 Å². The second-order valence-corrected chi connectivity index (χ2v) is 4.23. The molecule has 0 bridgehead atoms. The first-order chi connectivity index (χ1) is 9.15. The van der Waals surface area contributed by atoms with Crippen LogP contribution in [0.5, 0.6) is 5.75 Å². The van der Waals surface area contributed by atoms with E-state index < -0.39 is 5.97 Å². The lowest BCUT2D eigenvalue weighted by Crippen LogP contribution is -2.06. The Balaban J connectivity index is 1.90. The van der Waals surface area contributed by atoms with Crippen molar-refractivity contribution >= 4 is 11.7 Å². The number of phenols is 1. The van der Waals surface area contributed by atoms with Gasteiger partial charge in [-0.2, -0.15) is 0 Å². The highest BCUT2D eigenvalue weighted by atomic mass is 16.4. The molecule has 3 N–H and O–H groups in total. The quantitative estimate of drug-likeness (QED) is 0.770. The molecule has 0 aromatic heterocycles. The summed E-state index contributed by atoms with van der Waals surface area (Å²) in [5, 5.41) is 21.2. The zero-order valence-corrected chi connectivity index (χ0v) is 10.3. The van der Waals surface area contributed by atoms with Gasteiger partial charge in [-0.3, -0.25) is 0 Å². The van der Waals surface area contributed by atoms with E-state index in [1.165, 1.54) is 0 Å². The highest BCUT2D eigenvalue weighted by Gasteiger charge is 2.02. The van der Waals surface area contributed by atoms with Crippen molar-refractivity contribution in [2.75, 3.05) is 11.9 Å². The largest absolute Gasteiger partial charge is 0.508 e. The zero-order valence-electron chi connectivity index (χ0n) is 10.3. The second-order valence-electron chi connectivity index (χ2n) is 4.23. The molecule has 0 spiro atoms. The fourth-order valence-corrected chi connectivity index (χ4v) is 1.78. The molecule has 98 valence electrons. The first-order valence-corrected chi connectivity index (χ1v) is 6.00. The number of rotatable bonds is 5. The number of carboxylic acid groups (broad SMARTS) is 1. The maximum atomic E-state index is 10.8. The van der Waals surface area contributed by atoms with Crippen LogP contribution in [0.3, 0.4) is 0 Å². The maximum Gasteiger partial charge on any atom is 0.335 e. The van der Waals surface area contributed by atoms with Gasteiger partial charge in [-0.05, 0) is 42.3 Å². The van der Waals surface area contributed by atoms with Crippen LogP contribution in [-0.2, 0) is 6.42 Å². The first-order valence-electron chi connectivity index (χ1n) is 6.00. The van der Waals surface area contributed by atoms with E-state index in [0.717, 1.165) is 17.7 Å². The van der Waals surface area contributed by atoms with Crippen LogP contribution in [0.4, 0.5) is 5.69 Å². The Hall–Kier alpha value is -2.49. The molecule has 0 unspecified atom stereocenters. The average molecular weight is 257 g/mol. The molecule has 2 aromatic rings. The number of anilines is 1. The van der Waals surface area contributed by atoms with Crippen LogP contribution in [0.25, 0.3) is 0 Å². The lowest BCUT2D eigenvalue weighted by molar-refractivity contribution is 0.0697. The Morgan fingerprint density at radius 2 is 1.84 bits per heavy atom. The van der Waals surface area contributed by atoms with Crippen LogP contribution >= 0.6 is 0 Å². The number of hydrogen-bond donors (Lipinski definition) is 3. The summed E-state index contributed by atoms with van der Waals surface area (Å²) < 4.78 is 0. The number of aromatic carboxylic acids is 1. The lowest BCUT2D eigenvalue weighted by atomic mass is 10.1. The van der Waals surface area contributed by atoms with Crippen molar-refractivity contribution < 1.29 is 15.0 Å². The number of carboxylic acids is 1. The Labute approximate surface area is 111 Å². The summed E-state index contributed by atoms with van der Waals surface area (Å²) in [5.41, 5.74) is 2.17. The monoisotopic (exact) mass is 257 g/mol. The van der Waals surface area contributed by atoms with Gasteiger partial charge in [0.15, 0.2) is 0 Å². The van der Waals surface area contributed by atoms with Gasteiger partial charge >= 0.3 is 5.97 Å². The smallest absolute Gasteiger partial charge is 0.335 e. The van der Waals surface area contributed by atoms with Crippen LogP contribution in [0.15, 0.2) is 48.5 Å². The van der Waals surface area contributed by atoms with Gasteiger partial charge in [-0.25, -0.2) is 4.79 Å². The SMILES string of the molecule is O=C(O)c1cccc(NCCc2ccc(O)cc2)c1. The minimum atomic E-state index is -0.929. The average Bonchev–Trinajstić information content (AvgIpc) is 2.41. The molecule has 0 saturated carbocycles. The van der Waals surface area contributed by atoms with E-state index >= 15 is 0 Å². The summed E-state index contributed by atoms with van der Waals surface area (Å²) in [6, 6.07) is 13.8. The fourth-order valence-electron chi connectivity index (χ4n) is 1.78. The Bertz CT molecular complexity index is 564. The minimum Gasteiger partial charge on any atom is -0.508 e. The molecule has 19 heavy (non-hydrogen) atoms. The molecule has 0 heterocycles. The van der Waals surface area contributed by atoms with Gasteiger partial charge in [0, 0.05) is 12.2 Å². The second kappa shape index (κ2) is 5.91. The molecule has 0 saturated heterocycles. The fraction of sp³-hybridized carbons (Fsp3) is 0.133. The van der Waals surface area contributed by atoms with Crippen molar-refractivity contribution in [3.8, 4) is 5.75 Å². The van der Waals surface area contributed by atoms with Crippen LogP contribution in [0, 0.1) is 0 Å². The van der Waals surface area contributed by atoms with Crippen molar-refractivity contribution in [1.29, 1.82) is 0 Å². The molecule has 0 aliphatic rings. The summed E-state index contributed by atoms with van der Waals surface area (Å²) in [7, 11) is 0. The van der Waals surface area contributed by atoms with Crippen LogP contribution in [-0.4, -0.2) is 22.7 Å². The predicted molar refractivity (Wildman–Crippen MR) is 73.7 cm³/mol. The molecule has 0 fully saturated rings. The van der Waals surface area contributed by atoms with E-state index in [1.54, 1.807) is 30.3 Å². The van der Waals surface area contributed by atoms with Gasteiger partial charge in [0.05, 0.1) is 5.56 Å². The van der Waals surface area contributed by atoms with Crippen molar-refractivity contribution in [3.63, 3.8) is 0 Å². The van der Waals surface area contributed by atoms with Gasteiger partial charge in [0.2, 0.25) is 0 Å². The normalized spacial score (nSPS) is 10.1. The summed E-state index contributed by atoms with van der Waals surface area (Å²) in [6.45, 7) is 0.702. The molecule has 0 aliphatic heterocycles.